The van der Waals surface area contributed by atoms with Crippen LogP contribution in [-0.2, 0) is 20.0 Å². The maximum absolute atomic E-state index is 12.9. The topological polar surface area (TPSA) is 95.6 Å². The van der Waals surface area contributed by atoms with Crippen LogP contribution in [0.2, 0.25) is 0 Å². The molecule has 7 nitrogen and oxygen atoms in total. The summed E-state index contributed by atoms with van der Waals surface area (Å²) in [7, 11) is -5.87. The fraction of sp³-hybridized carbons (Fsp3) is 0.600. The first-order valence-corrected chi connectivity index (χ1v) is 10.9. The van der Waals surface area contributed by atoms with Gasteiger partial charge in [-0.05, 0) is 62.5 Å². The molecular weight excluding hydrogens is 350 g/mol. The van der Waals surface area contributed by atoms with E-state index in [-0.39, 0.29) is 15.2 Å². The van der Waals surface area contributed by atoms with Gasteiger partial charge in [0, 0.05) is 19.6 Å². The van der Waals surface area contributed by atoms with Crippen molar-refractivity contribution >= 4 is 20.0 Å². The second kappa shape index (κ2) is 6.06. The Morgan fingerprint density at radius 2 is 1.96 bits per heavy atom. The molecule has 1 atom stereocenters. The van der Waals surface area contributed by atoms with Crippen LogP contribution >= 0.6 is 0 Å². The Bertz CT molecular complexity index is 843. The molecule has 2 aliphatic rings. The summed E-state index contributed by atoms with van der Waals surface area (Å²) in [6.45, 7) is 4.44. The molecule has 0 bridgehead atoms. The molecular formula is C15H23N3O4S2. The molecule has 2 heterocycles. The Labute approximate surface area is 143 Å². The normalized spacial score (nSPS) is 25.6. The Morgan fingerprint density at radius 3 is 2.54 bits per heavy atom. The van der Waals surface area contributed by atoms with E-state index >= 15 is 0 Å². The van der Waals surface area contributed by atoms with Gasteiger partial charge in [0.2, 0.25) is 20.0 Å². The summed E-state index contributed by atoms with van der Waals surface area (Å²) in [5, 5.41) is 3.31. The fourth-order valence-electron chi connectivity index (χ4n) is 3.59. The summed E-state index contributed by atoms with van der Waals surface area (Å²) in [5.74, 6) is 0. The average Bonchev–Trinajstić information content (AvgIpc) is 3.18. The van der Waals surface area contributed by atoms with E-state index in [9.17, 15) is 16.8 Å². The number of benzene rings is 1. The molecule has 0 aliphatic carbocycles. The molecule has 9 heteroatoms. The smallest absolute Gasteiger partial charge is 0.243 e. The van der Waals surface area contributed by atoms with Crippen molar-refractivity contribution in [3.8, 4) is 0 Å². The molecule has 1 aromatic carbocycles. The van der Waals surface area contributed by atoms with Crippen LogP contribution in [0, 0.1) is 12.3 Å². The Kier molecular flexibility index (Phi) is 4.50. The van der Waals surface area contributed by atoms with Gasteiger partial charge in [0.25, 0.3) is 0 Å². The lowest BCUT2D eigenvalue weighted by atomic mass is 9.87. The van der Waals surface area contributed by atoms with Gasteiger partial charge in [-0.2, -0.15) is 4.31 Å². The lowest BCUT2D eigenvalue weighted by molar-refractivity contribution is 0.338. The van der Waals surface area contributed by atoms with Crippen LogP contribution in [0.15, 0.2) is 28.0 Å². The third-order valence-corrected chi connectivity index (χ3v) is 8.49. The van der Waals surface area contributed by atoms with Crippen LogP contribution in [-0.4, -0.2) is 54.4 Å². The molecule has 2 N–H and O–H groups in total. The maximum atomic E-state index is 12.9. The summed E-state index contributed by atoms with van der Waals surface area (Å²) in [6, 6.07) is 4.18. The minimum Gasteiger partial charge on any atom is -0.316 e. The molecule has 3 rings (SSSR count). The van der Waals surface area contributed by atoms with E-state index in [1.54, 1.807) is 6.92 Å². The molecule has 2 saturated heterocycles. The zero-order valence-corrected chi connectivity index (χ0v) is 15.5. The highest BCUT2D eigenvalue weighted by molar-refractivity contribution is 7.89. The molecule has 0 amide bonds. The van der Waals surface area contributed by atoms with Gasteiger partial charge >= 0.3 is 0 Å². The van der Waals surface area contributed by atoms with Crippen molar-refractivity contribution in [3.63, 3.8) is 0 Å². The second-order valence-corrected chi connectivity index (χ2v) is 10.4. The summed E-state index contributed by atoms with van der Waals surface area (Å²) < 4.78 is 53.4. The van der Waals surface area contributed by atoms with Crippen LogP contribution in [0.25, 0.3) is 0 Å². The lowest BCUT2D eigenvalue weighted by Gasteiger charge is -2.22. The number of hydrogen-bond acceptors (Lipinski definition) is 5. The molecule has 2 aliphatic heterocycles. The summed E-state index contributed by atoms with van der Waals surface area (Å²) in [4.78, 5) is 0.250. The van der Waals surface area contributed by atoms with Crippen LogP contribution in [0.5, 0.6) is 0 Å². The van der Waals surface area contributed by atoms with Gasteiger partial charge in [-0.25, -0.2) is 21.6 Å². The van der Waals surface area contributed by atoms with Crippen LogP contribution < -0.4 is 10.0 Å². The van der Waals surface area contributed by atoms with Gasteiger partial charge < -0.3 is 5.32 Å². The van der Waals surface area contributed by atoms with E-state index in [1.165, 1.54) is 29.6 Å². The number of sulfonamides is 2. The van der Waals surface area contributed by atoms with E-state index < -0.39 is 20.0 Å². The van der Waals surface area contributed by atoms with Crippen molar-refractivity contribution in [2.75, 3.05) is 33.2 Å². The maximum Gasteiger partial charge on any atom is 0.243 e. The molecule has 24 heavy (non-hydrogen) atoms. The zero-order valence-electron chi connectivity index (χ0n) is 13.9. The van der Waals surface area contributed by atoms with Crippen molar-refractivity contribution in [1.29, 1.82) is 0 Å². The summed E-state index contributed by atoms with van der Waals surface area (Å²) in [5.41, 5.74) is 0.471. The van der Waals surface area contributed by atoms with E-state index in [0.717, 1.165) is 25.9 Å². The quantitative estimate of drug-likeness (QED) is 0.790. The number of hydrogen-bond donors (Lipinski definition) is 2. The van der Waals surface area contributed by atoms with Gasteiger partial charge in [0.15, 0.2) is 0 Å². The Balaban J connectivity index is 1.90. The van der Waals surface area contributed by atoms with Gasteiger partial charge in [0.1, 0.15) is 0 Å². The minimum atomic E-state index is -3.60. The van der Waals surface area contributed by atoms with Crippen molar-refractivity contribution in [2.45, 2.75) is 29.6 Å². The minimum absolute atomic E-state index is 0.0531. The van der Waals surface area contributed by atoms with E-state index in [1.807, 2.05) is 0 Å². The average molecular weight is 374 g/mol. The van der Waals surface area contributed by atoms with Crippen LogP contribution in [0.1, 0.15) is 18.4 Å². The van der Waals surface area contributed by atoms with Crippen molar-refractivity contribution in [2.24, 2.45) is 5.41 Å². The SMILES string of the molecule is CNS(=O)(=O)c1ccc(S(=O)(=O)N2CCC3(CCNC3)C2)cc1C. The highest BCUT2D eigenvalue weighted by Gasteiger charge is 2.44. The van der Waals surface area contributed by atoms with E-state index in [4.69, 9.17) is 0 Å². The highest BCUT2D eigenvalue weighted by Crippen LogP contribution is 2.38. The molecule has 2 fully saturated rings. The third kappa shape index (κ3) is 2.99. The van der Waals surface area contributed by atoms with Crippen molar-refractivity contribution < 1.29 is 16.8 Å². The first-order chi connectivity index (χ1) is 11.2. The predicted molar refractivity (Wildman–Crippen MR) is 90.7 cm³/mol. The number of aryl methyl sites for hydroxylation is 1. The highest BCUT2D eigenvalue weighted by atomic mass is 32.2. The second-order valence-electron chi connectivity index (χ2n) is 6.65. The van der Waals surface area contributed by atoms with E-state index in [2.05, 4.69) is 10.0 Å². The zero-order chi connectivity index (χ0) is 17.6. The Morgan fingerprint density at radius 1 is 1.21 bits per heavy atom. The van der Waals surface area contributed by atoms with Gasteiger partial charge in [-0.15, -0.1) is 0 Å². The standard InChI is InChI=1S/C15H23N3O4S2/c1-12-9-13(3-4-14(12)23(19,20)16-2)24(21,22)18-8-6-15(11-18)5-7-17-10-15/h3-4,9,16-17H,5-8,10-11H2,1-2H3. The largest absolute Gasteiger partial charge is 0.316 e. The molecule has 1 spiro atoms. The number of nitrogens with zero attached hydrogens (tertiary/aromatic N) is 1. The lowest BCUT2D eigenvalue weighted by Crippen LogP contribution is -2.33. The molecule has 0 saturated carbocycles. The van der Waals surface area contributed by atoms with Gasteiger partial charge in [-0.3, -0.25) is 0 Å². The predicted octanol–water partition coefficient (Wildman–Crippen LogP) is 0.277. The van der Waals surface area contributed by atoms with E-state index in [0.29, 0.717) is 18.7 Å². The first kappa shape index (κ1) is 17.8. The number of rotatable bonds is 4. The molecule has 0 aromatic heterocycles. The molecule has 1 unspecified atom stereocenters. The van der Waals surface area contributed by atoms with Crippen molar-refractivity contribution in [3.05, 3.63) is 23.8 Å². The monoisotopic (exact) mass is 373 g/mol. The van der Waals surface area contributed by atoms with Gasteiger partial charge in [-0.1, -0.05) is 0 Å². The summed E-state index contributed by atoms with van der Waals surface area (Å²) >= 11 is 0. The Hall–Kier alpha value is -1.00. The van der Waals surface area contributed by atoms with Crippen LogP contribution in [0.4, 0.5) is 0 Å². The van der Waals surface area contributed by atoms with Crippen molar-refractivity contribution in [1.82, 2.24) is 14.3 Å². The third-order valence-electron chi connectivity index (χ3n) is 5.08. The summed E-state index contributed by atoms with van der Waals surface area (Å²) in [6.07, 6.45) is 1.86. The number of nitrogens with one attached hydrogen (secondary N) is 2. The molecule has 0 radical (unpaired) electrons. The first-order valence-electron chi connectivity index (χ1n) is 7.95. The van der Waals surface area contributed by atoms with Gasteiger partial charge in [0.05, 0.1) is 9.79 Å². The van der Waals surface area contributed by atoms with Crippen LogP contribution in [0.3, 0.4) is 0 Å². The molecule has 134 valence electrons. The molecule has 1 aromatic rings. The fourth-order valence-corrected chi connectivity index (χ4v) is 6.18.